The number of allylic oxidation sites excluding steroid dienone is 3. The molecule has 1 heterocycles. The van der Waals surface area contributed by atoms with Crippen molar-refractivity contribution >= 4 is 5.57 Å². The molecule has 124 valence electrons. The topological polar surface area (TPSA) is 29.5 Å². The Morgan fingerprint density at radius 1 is 1.26 bits per heavy atom. The molecule has 1 aromatic carbocycles. The second-order valence-electron chi connectivity index (χ2n) is 7.49. The van der Waals surface area contributed by atoms with Crippen molar-refractivity contribution in [3.8, 4) is 11.5 Å². The third-order valence-corrected chi connectivity index (χ3v) is 5.15. The van der Waals surface area contributed by atoms with Crippen molar-refractivity contribution in [3.63, 3.8) is 0 Å². The summed E-state index contributed by atoms with van der Waals surface area (Å²) < 4.78 is 6.32. The predicted molar refractivity (Wildman–Crippen MR) is 95.9 cm³/mol. The number of hydrogen-bond acceptors (Lipinski definition) is 2. The Labute approximate surface area is 139 Å². The Hall–Kier alpha value is -1.70. The van der Waals surface area contributed by atoms with Crippen LogP contribution < -0.4 is 4.74 Å². The molecule has 0 bridgehead atoms. The molecule has 2 aliphatic rings. The highest BCUT2D eigenvalue weighted by molar-refractivity contribution is 5.81. The standard InChI is InChI=1S/C21H28O2/c1-5-6-7-8-15-12-18(22)20-16-11-14(2)9-10-17(16)21(3,4)23-19(20)13-15/h9,11-13,17,22H,5-8,10H2,1-4H3/t17-/m1/s1. The number of fused-ring (bicyclic) bond motifs is 3. The van der Waals surface area contributed by atoms with E-state index in [-0.39, 0.29) is 5.60 Å². The first kappa shape index (κ1) is 16.2. The van der Waals surface area contributed by atoms with E-state index in [2.05, 4.69) is 45.9 Å². The van der Waals surface area contributed by atoms with E-state index in [4.69, 9.17) is 4.74 Å². The lowest BCUT2D eigenvalue weighted by Gasteiger charge is -2.43. The highest BCUT2D eigenvalue weighted by Gasteiger charge is 2.41. The van der Waals surface area contributed by atoms with Crippen LogP contribution in [0.25, 0.3) is 5.57 Å². The van der Waals surface area contributed by atoms with Gasteiger partial charge in [0.1, 0.15) is 17.1 Å². The molecule has 0 radical (unpaired) electrons. The third-order valence-electron chi connectivity index (χ3n) is 5.15. The van der Waals surface area contributed by atoms with E-state index in [1.165, 1.54) is 29.6 Å². The van der Waals surface area contributed by atoms with Gasteiger partial charge < -0.3 is 9.84 Å². The molecule has 3 rings (SSSR count). The maximum absolute atomic E-state index is 10.6. The summed E-state index contributed by atoms with van der Waals surface area (Å²) in [6, 6.07) is 4.07. The van der Waals surface area contributed by atoms with Gasteiger partial charge in [0, 0.05) is 5.92 Å². The van der Waals surface area contributed by atoms with Crippen molar-refractivity contribution in [3.05, 3.63) is 41.0 Å². The van der Waals surface area contributed by atoms with Crippen LogP contribution in [0.15, 0.2) is 29.9 Å². The Kier molecular flexibility index (Phi) is 4.27. The predicted octanol–water partition coefficient (Wildman–Crippen LogP) is 5.65. The molecular weight excluding hydrogens is 284 g/mol. The van der Waals surface area contributed by atoms with Gasteiger partial charge in [0.05, 0.1) is 5.56 Å². The fourth-order valence-electron chi connectivity index (χ4n) is 3.85. The normalized spacial score (nSPS) is 21.7. The summed E-state index contributed by atoms with van der Waals surface area (Å²) >= 11 is 0. The smallest absolute Gasteiger partial charge is 0.131 e. The molecule has 0 unspecified atom stereocenters. The zero-order valence-corrected chi connectivity index (χ0v) is 14.8. The summed E-state index contributed by atoms with van der Waals surface area (Å²) in [4.78, 5) is 0. The van der Waals surface area contributed by atoms with Crippen molar-refractivity contribution in [2.75, 3.05) is 0 Å². The van der Waals surface area contributed by atoms with Crippen LogP contribution >= 0.6 is 0 Å². The maximum atomic E-state index is 10.6. The molecular formula is C21H28O2. The first-order valence-electron chi connectivity index (χ1n) is 8.86. The third kappa shape index (κ3) is 3.04. The molecule has 23 heavy (non-hydrogen) atoms. The number of phenols is 1. The Balaban J connectivity index is 2.02. The number of benzene rings is 1. The Morgan fingerprint density at radius 3 is 2.78 bits per heavy atom. The monoisotopic (exact) mass is 312 g/mol. The van der Waals surface area contributed by atoms with Gasteiger partial charge in [0.25, 0.3) is 0 Å². The molecule has 0 aromatic heterocycles. The molecule has 1 aliphatic heterocycles. The molecule has 2 heteroatoms. The van der Waals surface area contributed by atoms with Gasteiger partial charge >= 0.3 is 0 Å². The highest BCUT2D eigenvalue weighted by Crippen LogP contribution is 2.51. The van der Waals surface area contributed by atoms with Crippen molar-refractivity contribution in [1.29, 1.82) is 0 Å². The summed E-state index contributed by atoms with van der Waals surface area (Å²) in [6.45, 7) is 8.65. The van der Waals surface area contributed by atoms with Gasteiger partial charge in [-0.1, -0.05) is 37.5 Å². The first-order chi connectivity index (χ1) is 10.9. The minimum Gasteiger partial charge on any atom is -0.507 e. The van der Waals surface area contributed by atoms with Crippen molar-refractivity contribution < 1.29 is 9.84 Å². The van der Waals surface area contributed by atoms with Crippen LogP contribution in [0, 0.1) is 5.92 Å². The van der Waals surface area contributed by atoms with E-state index in [1.807, 2.05) is 6.07 Å². The van der Waals surface area contributed by atoms with Crippen LogP contribution in [-0.2, 0) is 6.42 Å². The van der Waals surface area contributed by atoms with Crippen molar-refractivity contribution in [2.24, 2.45) is 5.92 Å². The molecule has 1 aliphatic carbocycles. The van der Waals surface area contributed by atoms with Gasteiger partial charge in [-0.05, 0) is 63.3 Å². The second-order valence-corrected chi connectivity index (χ2v) is 7.49. The SMILES string of the molecule is CCCCCc1cc(O)c2c(c1)OC(C)(C)[C@@H]1CC=C(C)C=C21. The lowest BCUT2D eigenvalue weighted by atomic mass is 9.73. The van der Waals surface area contributed by atoms with Crippen LogP contribution in [0.5, 0.6) is 11.5 Å². The zero-order chi connectivity index (χ0) is 16.6. The molecule has 0 amide bonds. The summed E-state index contributed by atoms with van der Waals surface area (Å²) in [5, 5.41) is 10.6. The fraction of sp³-hybridized carbons (Fsp3) is 0.524. The summed E-state index contributed by atoms with van der Waals surface area (Å²) in [5.74, 6) is 1.52. The largest absolute Gasteiger partial charge is 0.507 e. The second kappa shape index (κ2) is 6.07. The first-order valence-corrected chi connectivity index (χ1v) is 8.86. The van der Waals surface area contributed by atoms with E-state index in [0.717, 1.165) is 30.6 Å². The van der Waals surface area contributed by atoms with Gasteiger partial charge in [-0.2, -0.15) is 0 Å². The van der Waals surface area contributed by atoms with E-state index in [0.29, 0.717) is 11.7 Å². The van der Waals surface area contributed by atoms with E-state index >= 15 is 0 Å². The van der Waals surface area contributed by atoms with Crippen molar-refractivity contribution in [1.82, 2.24) is 0 Å². The van der Waals surface area contributed by atoms with Gasteiger partial charge in [-0.25, -0.2) is 0 Å². The number of rotatable bonds is 4. The summed E-state index contributed by atoms with van der Waals surface area (Å²) in [7, 11) is 0. The molecule has 1 N–H and O–H groups in total. The van der Waals surface area contributed by atoms with Gasteiger partial charge in [0.2, 0.25) is 0 Å². The van der Waals surface area contributed by atoms with Gasteiger partial charge in [-0.3, -0.25) is 0 Å². The number of phenolic OH excluding ortho intramolecular Hbond substituents is 1. The lowest BCUT2D eigenvalue weighted by molar-refractivity contribution is 0.0596. The van der Waals surface area contributed by atoms with Gasteiger partial charge in [0.15, 0.2) is 0 Å². The fourth-order valence-corrected chi connectivity index (χ4v) is 3.85. The average Bonchev–Trinajstić information content (AvgIpc) is 2.46. The number of aryl methyl sites for hydroxylation is 1. The van der Waals surface area contributed by atoms with Crippen LogP contribution in [0.3, 0.4) is 0 Å². The number of ether oxygens (including phenoxy) is 1. The van der Waals surface area contributed by atoms with Crippen LogP contribution in [0.1, 0.15) is 64.5 Å². The number of hydrogen-bond donors (Lipinski definition) is 1. The maximum Gasteiger partial charge on any atom is 0.131 e. The number of aromatic hydroxyl groups is 1. The Bertz CT molecular complexity index is 665. The van der Waals surface area contributed by atoms with E-state index in [9.17, 15) is 5.11 Å². The van der Waals surface area contributed by atoms with Crippen LogP contribution in [0.4, 0.5) is 0 Å². The molecule has 0 fully saturated rings. The minimum absolute atomic E-state index is 0.246. The quantitative estimate of drug-likeness (QED) is 0.728. The van der Waals surface area contributed by atoms with Crippen LogP contribution in [0.2, 0.25) is 0 Å². The molecule has 2 nitrogen and oxygen atoms in total. The van der Waals surface area contributed by atoms with E-state index in [1.54, 1.807) is 0 Å². The molecule has 0 saturated heterocycles. The number of unbranched alkanes of at least 4 members (excludes halogenated alkanes) is 2. The van der Waals surface area contributed by atoms with Gasteiger partial charge in [-0.15, -0.1) is 0 Å². The molecule has 1 atom stereocenters. The molecule has 1 aromatic rings. The molecule has 0 spiro atoms. The zero-order valence-electron chi connectivity index (χ0n) is 14.8. The van der Waals surface area contributed by atoms with Crippen molar-refractivity contribution in [2.45, 2.75) is 65.4 Å². The lowest BCUT2D eigenvalue weighted by Crippen LogP contribution is -2.42. The van der Waals surface area contributed by atoms with E-state index < -0.39 is 0 Å². The molecule has 0 saturated carbocycles. The minimum atomic E-state index is -0.246. The summed E-state index contributed by atoms with van der Waals surface area (Å²) in [5.41, 5.74) is 4.33. The average molecular weight is 312 g/mol. The van der Waals surface area contributed by atoms with Crippen LogP contribution in [-0.4, -0.2) is 10.7 Å². The summed E-state index contributed by atoms with van der Waals surface area (Å²) in [6.07, 6.45) is 10.0. The Morgan fingerprint density at radius 2 is 2.04 bits per heavy atom. The highest BCUT2D eigenvalue weighted by atomic mass is 16.5.